The van der Waals surface area contributed by atoms with Gasteiger partial charge in [-0.05, 0) is 25.5 Å². The first kappa shape index (κ1) is 13.4. The van der Waals surface area contributed by atoms with Crippen LogP contribution in [-0.2, 0) is 5.75 Å². The van der Waals surface area contributed by atoms with Gasteiger partial charge in [-0.25, -0.2) is 0 Å². The molecular weight excluding hydrogens is 262 g/mol. The maximum Gasteiger partial charge on any atom is 0.205 e. The highest BCUT2D eigenvalue weighted by atomic mass is 32.2. The number of nitrogens with one attached hydrogen (secondary N) is 1. The molecule has 0 saturated heterocycles. The van der Waals surface area contributed by atoms with E-state index in [4.69, 9.17) is 0 Å². The number of hydrogen-bond acceptors (Lipinski definition) is 5. The van der Waals surface area contributed by atoms with Gasteiger partial charge in [0, 0.05) is 11.4 Å². The van der Waals surface area contributed by atoms with Gasteiger partial charge in [0.05, 0.1) is 5.75 Å². The normalized spacial score (nSPS) is 10.6. The lowest BCUT2D eigenvalue weighted by Gasteiger charge is -1.99. The van der Waals surface area contributed by atoms with Gasteiger partial charge < -0.3 is 5.32 Å². The van der Waals surface area contributed by atoms with Crippen LogP contribution in [0.3, 0.4) is 0 Å². The van der Waals surface area contributed by atoms with Crippen LogP contribution in [-0.4, -0.2) is 16.7 Å². The van der Waals surface area contributed by atoms with E-state index < -0.39 is 0 Å². The summed E-state index contributed by atoms with van der Waals surface area (Å²) in [6, 6.07) is 8.57. The van der Waals surface area contributed by atoms with Crippen LogP contribution in [0.15, 0.2) is 29.2 Å². The molecule has 0 saturated carbocycles. The summed E-state index contributed by atoms with van der Waals surface area (Å²) in [5.74, 6) is 0.883. The fourth-order valence-corrected chi connectivity index (χ4v) is 3.04. The van der Waals surface area contributed by atoms with Crippen molar-refractivity contribution in [2.45, 2.75) is 30.9 Å². The molecule has 0 aliphatic heterocycles. The molecule has 3 nitrogen and oxygen atoms in total. The number of rotatable bonds is 6. The summed E-state index contributed by atoms with van der Waals surface area (Å²) in [4.78, 5) is 1.28. The average molecular weight is 279 g/mol. The lowest BCUT2D eigenvalue weighted by Crippen LogP contribution is -1.98. The van der Waals surface area contributed by atoms with Crippen molar-refractivity contribution in [2.24, 2.45) is 0 Å². The van der Waals surface area contributed by atoms with Crippen molar-refractivity contribution in [3.05, 3.63) is 34.8 Å². The Bertz CT molecular complexity index is 479. The first-order valence-electron chi connectivity index (χ1n) is 6.03. The standard InChI is InChI=1S/C13H17N3S2/c1-3-8-14-13-16-15-12(18-13)9-17-11-6-4-10(2)5-7-11/h4-7H,3,8-9H2,1-2H3,(H,14,16). The summed E-state index contributed by atoms with van der Waals surface area (Å²) in [5.41, 5.74) is 1.29. The summed E-state index contributed by atoms with van der Waals surface area (Å²) < 4.78 is 0. The Hall–Kier alpha value is -1.07. The molecule has 0 radical (unpaired) electrons. The molecule has 5 heteroatoms. The van der Waals surface area contributed by atoms with Crippen molar-refractivity contribution in [3.63, 3.8) is 0 Å². The number of benzene rings is 1. The number of aryl methyl sites for hydroxylation is 1. The van der Waals surface area contributed by atoms with E-state index in [0.29, 0.717) is 0 Å². The van der Waals surface area contributed by atoms with Crippen molar-refractivity contribution in [2.75, 3.05) is 11.9 Å². The van der Waals surface area contributed by atoms with Gasteiger partial charge in [0.1, 0.15) is 5.01 Å². The van der Waals surface area contributed by atoms with Gasteiger partial charge in [-0.2, -0.15) is 0 Å². The first-order valence-corrected chi connectivity index (χ1v) is 7.84. The van der Waals surface area contributed by atoms with Crippen LogP contribution >= 0.6 is 23.1 Å². The third-order valence-electron chi connectivity index (χ3n) is 2.38. The van der Waals surface area contributed by atoms with E-state index in [0.717, 1.165) is 28.9 Å². The van der Waals surface area contributed by atoms with E-state index in [1.165, 1.54) is 10.5 Å². The molecule has 2 aromatic rings. The molecule has 0 atom stereocenters. The van der Waals surface area contributed by atoms with Gasteiger partial charge in [0.15, 0.2) is 0 Å². The molecule has 1 aromatic heterocycles. The van der Waals surface area contributed by atoms with Crippen LogP contribution in [0.4, 0.5) is 5.13 Å². The number of hydrogen-bond donors (Lipinski definition) is 1. The SMILES string of the molecule is CCCNc1nnc(CSc2ccc(C)cc2)s1. The quantitative estimate of drug-likeness (QED) is 0.812. The summed E-state index contributed by atoms with van der Waals surface area (Å²) >= 11 is 3.44. The van der Waals surface area contributed by atoms with Crippen molar-refractivity contribution < 1.29 is 0 Å². The maximum absolute atomic E-state index is 4.19. The van der Waals surface area contributed by atoms with Crippen LogP contribution in [0.1, 0.15) is 23.9 Å². The minimum Gasteiger partial charge on any atom is -0.360 e. The number of nitrogens with zero attached hydrogens (tertiary/aromatic N) is 2. The average Bonchev–Trinajstić information content (AvgIpc) is 2.84. The van der Waals surface area contributed by atoms with E-state index in [1.54, 1.807) is 23.1 Å². The van der Waals surface area contributed by atoms with E-state index in [9.17, 15) is 0 Å². The van der Waals surface area contributed by atoms with Gasteiger partial charge in [-0.1, -0.05) is 36.0 Å². The van der Waals surface area contributed by atoms with Crippen LogP contribution in [0.5, 0.6) is 0 Å². The summed E-state index contributed by atoms with van der Waals surface area (Å²) in [7, 11) is 0. The van der Waals surface area contributed by atoms with Crippen molar-refractivity contribution in [1.82, 2.24) is 10.2 Å². The number of thioether (sulfide) groups is 1. The highest BCUT2D eigenvalue weighted by molar-refractivity contribution is 7.98. The Morgan fingerprint density at radius 1 is 1.22 bits per heavy atom. The molecular formula is C13H17N3S2. The molecule has 0 unspecified atom stereocenters. The summed E-state index contributed by atoms with van der Waals surface area (Å²) in [6.45, 7) is 5.20. The molecule has 0 fully saturated rings. The monoisotopic (exact) mass is 279 g/mol. The van der Waals surface area contributed by atoms with E-state index in [2.05, 4.69) is 53.6 Å². The highest BCUT2D eigenvalue weighted by Gasteiger charge is 2.04. The Balaban J connectivity index is 1.86. The summed E-state index contributed by atoms with van der Waals surface area (Å²) in [5, 5.41) is 13.6. The van der Waals surface area contributed by atoms with Gasteiger partial charge in [-0.15, -0.1) is 22.0 Å². The molecule has 0 spiro atoms. The second-order valence-electron chi connectivity index (χ2n) is 4.03. The Morgan fingerprint density at radius 3 is 2.72 bits per heavy atom. The molecule has 0 bridgehead atoms. The predicted octanol–water partition coefficient (Wildman–Crippen LogP) is 3.96. The molecule has 2 rings (SSSR count). The molecule has 18 heavy (non-hydrogen) atoms. The summed E-state index contributed by atoms with van der Waals surface area (Å²) in [6.07, 6.45) is 1.10. The maximum atomic E-state index is 4.19. The molecule has 1 heterocycles. The van der Waals surface area contributed by atoms with Gasteiger partial charge in [0.25, 0.3) is 0 Å². The Kier molecular flexibility index (Phi) is 5.01. The smallest absolute Gasteiger partial charge is 0.205 e. The predicted molar refractivity (Wildman–Crippen MR) is 79.4 cm³/mol. The van der Waals surface area contributed by atoms with Crippen molar-refractivity contribution >= 4 is 28.2 Å². The molecule has 0 amide bonds. The zero-order valence-electron chi connectivity index (χ0n) is 10.6. The zero-order chi connectivity index (χ0) is 12.8. The zero-order valence-corrected chi connectivity index (χ0v) is 12.3. The Morgan fingerprint density at radius 2 is 2.00 bits per heavy atom. The second kappa shape index (κ2) is 6.75. The number of aromatic nitrogens is 2. The second-order valence-corrected chi connectivity index (χ2v) is 6.14. The lowest BCUT2D eigenvalue weighted by atomic mass is 10.2. The van der Waals surface area contributed by atoms with Crippen molar-refractivity contribution in [3.8, 4) is 0 Å². The molecule has 0 aliphatic rings. The third-order valence-corrected chi connectivity index (χ3v) is 4.46. The van der Waals surface area contributed by atoms with Crippen LogP contribution in [0.2, 0.25) is 0 Å². The van der Waals surface area contributed by atoms with Gasteiger partial charge in [-0.3, -0.25) is 0 Å². The first-order chi connectivity index (χ1) is 8.78. The van der Waals surface area contributed by atoms with Crippen molar-refractivity contribution in [1.29, 1.82) is 0 Å². The van der Waals surface area contributed by atoms with Crippen LogP contribution in [0.25, 0.3) is 0 Å². The highest BCUT2D eigenvalue weighted by Crippen LogP contribution is 2.25. The molecule has 1 N–H and O–H groups in total. The largest absolute Gasteiger partial charge is 0.360 e. The molecule has 96 valence electrons. The van der Waals surface area contributed by atoms with Gasteiger partial charge in [0.2, 0.25) is 5.13 Å². The Labute approximate surface area is 116 Å². The van der Waals surface area contributed by atoms with E-state index in [1.807, 2.05) is 0 Å². The number of anilines is 1. The van der Waals surface area contributed by atoms with E-state index >= 15 is 0 Å². The van der Waals surface area contributed by atoms with Gasteiger partial charge >= 0.3 is 0 Å². The molecule has 0 aliphatic carbocycles. The fourth-order valence-electron chi connectivity index (χ4n) is 1.39. The minimum atomic E-state index is 0.883. The van der Waals surface area contributed by atoms with Crippen LogP contribution < -0.4 is 5.32 Å². The molecule has 1 aromatic carbocycles. The topological polar surface area (TPSA) is 37.8 Å². The van der Waals surface area contributed by atoms with Crippen LogP contribution in [0, 0.1) is 6.92 Å². The fraction of sp³-hybridized carbons (Fsp3) is 0.385. The minimum absolute atomic E-state index is 0.883. The lowest BCUT2D eigenvalue weighted by molar-refractivity contribution is 0.958. The van der Waals surface area contributed by atoms with E-state index in [-0.39, 0.29) is 0 Å². The third kappa shape index (κ3) is 3.99.